The van der Waals surface area contributed by atoms with Crippen LogP contribution in [0, 0.1) is 17.5 Å². The van der Waals surface area contributed by atoms with Crippen molar-refractivity contribution >= 4 is 44.3 Å². The molecule has 1 saturated heterocycles. The molecule has 2 heterocycles. The highest BCUT2D eigenvalue weighted by Gasteiger charge is 2.30. The van der Waals surface area contributed by atoms with Gasteiger partial charge in [-0.1, -0.05) is 23.2 Å². The zero-order chi connectivity index (χ0) is 20.9. The van der Waals surface area contributed by atoms with Crippen LogP contribution in [0.25, 0.3) is 22.4 Å². The molecule has 1 fully saturated rings. The summed E-state index contributed by atoms with van der Waals surface area (Å²) in [5.74, 6) is -4.57. The summed E-state index contributed by atoms with van der Waals surface area (Å²) in [6.45, 7) is 0.810. The van der Waals surface area contributed by atoms with Gasteiger partial charge in [-0.15, -0.1) is 0 Å². The van der Waals surface area contributed by atoms with E-state index in [4.69, 9.17) is 27.9 Å². The third kappa shape index (κ3) is 3.49. The Morgan fingerprint density at radius 2 is 1.72 bits per heavy atom. The number of benzene rings is 2. The summed E-state index contributed by atoms with van der Waals surface area (Å²) < 4.78 is 73.3. The van der Waals surface area contributed by atoms with E-state index in [1.807, 2.05) is 0 Å². The largest absolute Gasteiger partial charge is 0.379 e. The summed E-state index contributed by atoms with van der Waals surface area (Å²) in [5, 5.41) is -0.0824. The van der Waals surface area contributed by atoms with Gasteiger partial charge in [0.15, 0.2) is 17.5 Å². The average molecular weight is 466 g/mol. The van der Waals surface area contributed by atoms with Crippen LogP contribution in [0.3, 0.4) is 0 Å². The molecule has 3 aromatic rings. The number of hydrogen-bond acceptors (Lipinski definition) is 4. The summed E-state index contributed by atoms with van der Waals surface area (Å²) in [5.41, 5.74) is -0.471. The molecule has 1 aliphatic rings. The van der Waals surface area contributed by atoms with Crippen LogP contribution in [-0.2, 0) is 14.8 Å². The van der Waals surface area contributed by atoms with E-state index in [0.29, 0.717) is 0 Å². The average Bonchev–Trinajstić information content (AvgIpc) is 3.10. The molecular formula is C17H12Cl2F3N3O3S. The van der Waals surface area contributed by atoms with E-state index in [-0.39, 0.29) is 58.1 Å². The first kappa shape index (κ1) is 20.4. The normalized spacial score (nSPS) is 15.9. The fourth-order valence-corrected chi connectivity index (χ4v) is 5.26. The number of morpholine rings is 1. The molecule has 0 unspecified atom stereocenters. The van der Waals surface area contributed by atoms with E-state index in [1.165, 1.54) is 16.4 Å². The summed E-state index contributed by atoms with van der Waals surface area (Å²) in [6, 6.07) is 3.16. The maximum atomic E-state index is 14.0. The molecule has 1 N–H and O–H groups in total. The summed E-state index contributed by atoms with van der Waals surface area (Å²) in [7, 11) is -3.96. The Morgan fingerprint density at radius 1 is 1.03 bits per heavy atom. The van der Waals surface area contributed by atoms with Crippen molar-refractivity contribution in [3.8, 4) is 11.4 Å². The van der Waals surface area contributed by atoms with E-state index in [0.717, 1.165) is 6.07 Å². The van der Waals surface area contributed by atoms with Crippen molar-refractivity contribution in [3.63, 3.8) is 0 Å². The predicted octanol–water partition coefficient (Wildman–Crippen LogP) is 3.97. The van der Waals surface area contributed by atoms with Crippen molar-refractivity contribution in [2.45, 2.75) is 4.90 Å². The number of rotatable bonds is 3. The molecule has 0 saturated carbocycles. The third-order valence-electron chi connectivity index (χ3n) is 4.48. The second kappa shape index (κ2) is 7.44. The minimum Gasteiger partial charge on any atom is -0.379 e. The van der Waals surface area contributed by atoms with E-state index in [1.54, 1.807) is 0 Å². The molecule has 1 aromatic heterocycles. The highest BCUT2D eigenvalue weighted by Crippen LogP contribution is 2.36. The van der Waals surface area contributed by atoms with E-state index >= 15 is 0 Å². The van der Waals surface area contributed by atoms with Gasteiger partial charge in [0.25, 0.3) is 0 Å². The van der Waals surface area contributed by atoms with Gasteiger partial charge in [0.05, 0.1) is 28.8 Å². The van der Waals surface area contributed by atoms with Crippen molar-refractivity contribution < 1.29 is 26.3 Å². The lowest BCUT2D eigenvalue weighted by atomic mass is 10.2. The van der Waals surface area contributed by atoms with Crippen molar-refractivity contribution in [1.29, 1.82) is 0 Å². The fraction of sp³-hybridized carbons (Fsp3) is 0.235. The number of imidazole rings is 1. The maximum absolute atomic E-state index is 14.0. The zero-order valence-corrected chi connectivity index (χ0v) is 16.8. The molecule has 4 rings (SSSR count). The Kier molecular flexibility index (Phi) is 5.24. The van der Waals surface area contributed by atoms with Gasteiger partial charge in [0.2, 0.25) is 10.0 Å². The van der Waals surface area contributed by atoms with E-state index in [2.05, 4.69) is 9.97 Å². The number of ether oxygens (including phenoxy) is 1. The second-order valence-electron chi connectivity index (χ2n) is 6.25. The summed E-state index contributed by atoms with van der Waals surface area (Å²) in [6.07, 6.45) is 0. The minimum absolute atomic E-state index is 0.0244. The molecule has 0 amide bonds. The first-order valence-electron chi connectivity index (χ1n) is 8.30. The van der Waals surface area contributed by atoms with Gasteiger partial charge < -0.3 is 9.72 Å². The number of aromatic amines is 1. The van der Waals surface area contributed by atoms with Gasteiger partial charge in [-0.3, -0.25) is 0 Å². The lowest BCUT2D eigenvalue weighted by Crippen LogP contribution is -2.40. The van der Waals surface area contributed by atoms with Gasteiger partial charge in [0, 0.05) is 24.7 Å². The molecule has 154 valence electrons. The standard InChI is InChI=1S/C17H12Cl2F3N3O3S/c18-9-6-10(19)13(29(26,27)25-1-3-28-4-2-25)5-8(9)17-23-12-7-11(20)14(21)15(22)16(12)24-17/h5-7H,1-4H2,(H,23,24). The van der Waals surface area contributed by atoms with E-state index in [9.17, 15) is 21.6 Å². The maximum Gasteiger partial charge on any atom is 0.244 e. The molecule has 29 heavy (non-hydrogen) atoms. The number of halogens is 5. The van der Waals surface area contributed by atoms with Crippen LogP contribution in [0.4, 0.5) is 13.2 Å². The zero-order valence-electron chi connectivity index (χ0n) is 14.5. The Hall–Kier alpha value is -1.85. The molecule has 0 radical (unpaired) electrons. The molecule has 0 spiro atoms. The Morgan fingerprint density at radius 3 is 2.41 bits per heavy atom. The number of sulfonamides is 1. The van der Waals surface area contributed by atoms with Crippen molar-refractivity contribution in [3.05, 3.63) is 45.7 Å². The molecule has 2 aromatic carbocycles. The van der Waals surface area contributed by atoms with Crippen molar-refractivity contribution in [2.75, 3.05) is 26.3 Å². The van der Waals surface area contributed by atoms with Crippen LogP contribution in [0.1, 0.15) is 0 Å². The van der Waals surface area contributed by atoms with Gasteiger partial charge in [-0.05, 0) is 12.1 Å². The SMILES string of the molecule is O=S(=O)(c1cc(-c2nc3c(F)c(F)c(F)cc3[nH]2)c(Cl)cc1Cl)N1CCOCC1. The number of nitrogens with one attached hydrogen (secondary N) is 1. The lowest BCUT2D eigenvalue weighted by molar-refractivity contribution is 0.0730. The monoisotopic (exact) mass is 465 g/mol. The number of H-pyrrole nitrogens is 1. The second-order valence-corrected chi connectivity index (χ2v) is 8.97. The van der Waals surface area contributed by atoms with Crippen LogP contribution < -0.4 is 0 Å². The minimum atomic E-state index is -3.96. The van der Waals surface area contributed by atoms with E-state index < -0.39 is 33.0 Å². The van der Waals surface area contributed by atoms with Crippen LogP contribution >= 0.6 is 23.2 Å². The van der Waals surface area contributed by atoms with Gasteiger partial charge >= 0.3 is 0 Å². The molecule has 0 atom stereocenters. The molecule has 1 aliphatic heterocycles. The predicted molar refractivity (Wildman–Crippen MR) is 101 cm³/mol. The fourth-order valence-electron chi connectivity index (χ4n) is 3.02. The molecule has 12 heteroatoms. The Bertz CT molecular complexity index is 1230. The van der Waals surface area contributed by atoms with Crippen molar-refractivity contribution in [1.82, 2.24) is 14.3 Å². The highest BCUT2D eigenvalue weighted by atomic mass is 35.5. The quantitative estimate of drug-likeness (QED) is 0.593. The number of hydrogen-bond donors (Lipinski definition) is 1. The molecular weight excluding hydrogens is 454 g/mol. The third-order valence-corrected chi connectivity index (χ3v) is 7.15. The van der Waals surface area contributed by atoms with Crippen LogP contribution in [0.5, 0.6) is 0 Å². The van der Waals surface area contributed by atoms with Crippen LogP contribution in [-0.4, -0.2) is 49.0 Å². The lowest BCUT2D eigenvalue weighted by Gasteiger charge is -2.26. The van der Waals surface area contributed by atoms with Gasteiger partial charge in [-0.25, -0.2) is 26.6 Å². The van der Waals surface area contributed by atoms with Crippen molar-refractivity contribution in [2.24, 2.45) is 0 Å². The van der Waals surface area contributed by atoms with Crippen LogP contribution in [0.15, 0.2) is 23.1 Å². The van der Waals surface area contributed by atoms with Crippen LogP contribution in [0.2, 0.25) is 10.0 Å². The number of fused-ring (bicyclic) bond motifs is 1. The first-order chi connectivity index (χ1) is 13.7. The highest BCUT2D eigenvalue weighted by molar-refractivity contribution is 7.89. The topological polar surface area (TPSA) is 75.3 Å². The smallest absolute Gasteiger partial charge is 0.244 e. The summed E-state index contributed by atoms with van der Waals surface area (Å²) >= 11 is 12.3. The molecule has 0 aliphatic carbocycles. The van der Waals surface area contributed by atoms with Gasteiger partial charge in [-0.2, -0.15) is 4.31 Å². The number of aromatic nitrogens is 2. The molecule has 6 nitrogen and oxygen atoms in total. The molecule has 0 bridgehead atoms. The summed E-state index contributed by atoms with van der Waals surface area (Å²) in [4.78, 5) is 6.32. The number of nitrogens with zero attached hydrogens (tertiary/aromatic N) is 2. The Balaban J connectivity index is 1.86. The van der Waals surface area contributed by atoms with Gasteiger partial charge in [0.1, 0.15) is 16.2 Å². The first-order valence-corrected chi connectivity index (χ1v) is 10.5. The Labute approximate surface area is 173 Å².